The molecule has 0 N–H and O–H groups in total. The molecule has 8 heteroatoms. The van der Waals surface area contributed by atoms with Crippen LogP contribution in [0.2, 0.25) is 5.02 Å². The van der Waals surface area contributed by atoms with E-state index < -0.39 is 0 Å². The normalized spacial score (nSPS) is 18.1. The summed E-state index contributed by atoms with van der Waals surface area (Å²) in [7, 11) is 1.57. The second kappa shape index (κ2) is 9.12. The van der Waals surface area contributed by atoms with Crippen molar-refractivity contribution in [2.75, 3.05) is 13.7 Å². The van der Waals surface area contributed by atoms with Crippen molar-refractivity contribution in [3.8, 4) is 11.9 Å². The molecule has 0 amide bonds. The van der Waals surface area contributed by atoms with Crippen molar-refractivity contribution in [3.63, 3.8) is 0 Å². The number of thiazole rings is 1. The molecule has 1 aliphatic heterocycles. The maximum absolute atomic E-state index is 9.25. The Morgan fingerprint density at radius 2 is 2.24 bits per heavy atom. The summed E-state index contributed by atoms with van der Waals surface area (Å²) in [6.07, 6.45) is 6.27. The predicted octanol–water partition coefficient (Wildman–Crippen LogP) is 4.52. The Labute approximate surface area is 180 Å². The molecule has 1 atom stereocenters. The number of methoxy groups -OCH3 is 1. The van der Waals surface area contributed by atoms with Gasteiger partial charge in [-0.25, -0.2) is 0 Å². The van der Waals surface area contributed by atoms with Crippen LogP contribution in [0.4, 0.5) is 0 Å². The summed E-state index contributed by atoms with van der Waals surface area (Å²) >= 11 is 7.77. The summed E-state index contributed by atoms with van der Waals surface area (Å²) in [6, 6.07) is 5.19. The monoisotopic (exact) mass is 432 g/mol. The first-order chi connectivity index (χ1) is 13.8. The molecule has 0 radical (unpaired) electrons. The molecular weight excluding hydrogens is 408 g/mol. The van der Waals surface area contributed by atoms with Crippen molar-refractivity contribution in [2.24, 2.45) is 9.98 Å². The van der Waals surface area contributed by atoms with Crippen LogP contribution in [0.3, 0.4) is 0 Å². The maximum atomic E-state index is 9.25. The fourth-order valence-electron chi connectivity index (χ4n) is 3.09. The van der Waals surface area contributed by atoms with E-state index in [-0.39, 0.29) is 17.4 Å². The number of halogens is 1. The van der Waals surface area contributed by atoms with Crippen LogP contribution in [0.1, 0.15) is 44.1 Å². The van der Waals surface area contributed by atoms with E-state index in [1.54, 1.807) is 36.6 Å². The number of aliphatic imine (C=N–C) groups is 1. The topological polar surface area (TPSA) is 71.9 Å². The Hall–Kier alpha value is -2.14. The van der Waals surface area contributed by atoms with Gasteiger partial charge in [-0.3, -0.25) is 0 Å². The van der Waals surface area contributed by atoms with Crippen LogP contribution in [0, 0.1) is 11.5 Å². The van der Waals surface area contributed by atoms with Crippen LogP contribution < -0.4 is 9.54 Å². The van der Waals surface area contributed by atoms with E-state index in [1.165, 1.54) is 4.88 Å². The van der Waals surface area contributed by atoms with Gasteiger partial charge in [-0.1, -0.05) is 32.4 Å². The van der Waals surface area contributed by atoms with E-state index in [1.807, 2.05) is 6.19 Å². The lowest BCUT2D eigenvalue weighted by Crippen LogP contribution is -2.23. The highest BCUT2D eigenvalue weighted by Gasteiger charge is 2.22. The SMILES string of the molecule is COc1ccc(Cl)cc1C(/N=c1\sc(C(C)(C)C)cn1C[C@H]1CCCO1)=N\C#N. The van der Waals surface area contributed by atoms with E-state index in [9.17, 15) is 5.26 Å². The maximum Gasteiger partial charge on any atom is 0.207 e. The van der Waals surface area contributed by atoms with Crippen LogP contribution in [0.15, 0.2) is 34.4 Å². The van der Waals surface area contributed by atoms with Gasteiger partial charge >= 0.3 is 0 Å². The molecule has 0 saturated carbocycles. The number of ether oxygens (including phenoxy) is 2. The van der Waals surface area contributed by atoms with Crippen molar-refractivity contribution in [1.29, 1.82) is 5.26 Å². The molecule has 0 aliphatic carbocycles. The Bertz CT molecular complexity index is 1000. The summed E-state index contributed by atoms with van der Waals surface area (Å²) in [6.45, 7) is 8.03. The molecular formula is C21H25ClN4O2S. The summed E-state index contributed by atoms with van der Waals surface area (Å²) in [5, 5.41) is 9.77. The van der Waals surface area contributed by atoms with E-state index in [0.29, 0.717) is 16.3 Å². The van der Waals surface area contributed by atoms with Gasteiger partial charge < -0.3 is 14.0 Å². The molecule has 3 rings (SSSR count). The number of hydrogen-bond donors (Lipinski definition) is 0. The van der Waals surface area contributed by atoms with Gasteiger partial charge in [0.1, 0.15) is 5.75 Å². The molecule has 0 bridgehead atoms. The fourth-order valence-corrected chi connectivity index (χ4v) is 4.32. The van der Waals surface area contributed by atoms with Gasteiger partial charge in [0.05, 0.1) is 25.3 Å². The number of nitriles is 1. The third-order valence-electron chi connectivity index (χ3n) is 4.64. The van der Waals surface area contributed by atoms with Gasteiger partial charge in [-0.15, -0.1) is 11.3 Å². The minimum atomic E-state index is -0.0169. The summed E-state index contributed by atoms with van der Waals surface area (Å²) in [4.78, 5) is 10.7. The van der Waals surface area contributed by atoms with E-state index in [0.717, 1.165) is 30.8 Å². The molecule has 154 valence electrons. The highest BCUT2D eigenvalue weighted by Crippen LogP contribution is 2.26. The Kier molecular flexibility index (Phi) is 6.78. The lowest BCUT2D eigenvalue weighted by molar-refractivity contribution is 0.0963. The summed E-state index contributed by atoms with van der Waals surface area (Å²) in [5.41, 5.74) is 0.563. The molecule has 1 fully saturated rings. The number of amidine groups is 1. The largest absolute Gasteiger partial charge is 0.496 e. The molecule has 1 saturated heterocycles. The van der Waals surface area contributed by atoms with Crippen LogP contribution in [-0.2, 0) is 16.7 Å². The summed E-state index contributed by atoms with van der Waals surface area (Å²) in [5.74, 6) is 0.834. The molecule has 1 aliphatic rings. The van der Waals surface area contributed by atoms with Gasteiger partial charge in [-0.2, -0.15) is 15.2 Å². The van der Waals surface area contributed by atoms with Crippen LogP contribution in [-0.4, -0.2) is 30.2 Å². The number of hydrogen-bond acceptors (Lipinski definition) is 5. The van der Waals surface area contributed by atoms with Gasteiger partial charge in [0.25, 0.3) is 0 Å². The highest BCUT2D eigenvalue weighted by atomic mass is 35.5. The molecule has 2 heterocycles. The van der Waals surface area contributed by atoms with E-state index in [4.69, 9.17) is 26.1 Å². The number of benzene rings is 1. The number of aromatic nitrogens is 1. The van der Waals surface area contributed by atoms with Crippen LogP contribution >= 0.6 is 22.9 Å². The van der Waals surface area contributed by atoms with Gasteiger partial charge in [0.15, 0.2) is 10.6 Å². The van der Waals surface area contributed by atoms with Crippen molar-refractivity contribution < 1.29 is 9.47 Å². The summed E-state index contributed by atoms with van der Waals surface area (Å²) < 4.78 is 13.4. The van der Waals surface area contributed by atoms with Gasteiger partial charge in [0.2, 0.25) is 6.19 Å². The van der Waals surface area contributed by atoms with Crippen molar-refractivity contribution in [1.82, 2.24) is 4.57 Å². The Balaban J connectivity index is 2.12. The predicted molar refractivity (Wildman–Crippen MR) is 116 cm³/mol. The molecule has 0 spiro atoms. The minimum absolute atomic E-state index is 0.0169. The quantitative estimate of drug-likeness (QED) is 0.405. The Morgan fingerprint density at radius 1 is 1.45 bits per heavy atom. The first-order valence-electron chi connectivity index (χ1n) is 9.49. The van der Waals surface area contributed by atoms with Gasteiger partial charge in [-0.05, 0) is 36.5 Å². The zero-order chi connectivity index (χ0) is 21.0. The van der Waals surface area contributed by atoms with Crippen LogP contribution in [0.25, 0.3) is 0 Å². The second-order valence-electron chi connectivity index (χ2n) is 7.91. The lowest BCUT2D eigenvalue weighted by atomic mass is 9.95. The third kappa shape index (κ3) is 5.27. The van der Waals surface area contributed by atoms with Gasteiger partial charge in [0, 0.05) is 22.7 Å². The lowest BCUT2D eigenvalue weighted by Gasteiger charge is -2.15. The van der Waals surface area contributed by atoms with Crippen molar-refractivity contribution >= 4 is 28.8 Å². The van der Waals surface area contributed by atoms with Crippen molar-refractivity contribution in [2.45, 2.75) is 51.7 Å². The molecule has 1 aromatic carbocycles. The fraction of sp³-hybridized carbons (Fsp3) is 0.476. The van der Waals surface area contributed by atoms with Crippen LogP contribution in [0.5, 0.6) is 5.75 Å². The Morgan fingerprint density at radius 3 is 2.86 bits per heavy atom. The number of rotatable bonds is 4. The minimum Gasteiger partial charge on any atom is -0.496 e. The second-order valence-corrected chi connectivity index (χ2v) is 9.35. The van der Waals surface area contributed by atoms with E-state index in [2.05, 4.69) is 36.5 Å². The first-order valence-corrected chi connectivity index (χ1v) is 10.7. The third-order valence-corrected chi connectivity index (χ3v) is 6.32. The molecule has 29 heavy (non-hydrogen) atoms. The smallest absolute Gasteiger partial charge is 0.207 e. The standard InChI is InChI=1S/C21H25ClN4O2S/c1-21(2,3)18-12-26(11-15-6-5-9-28-15)20(29-18)25-19(24-13-23)16-10-14(22)7-8-17(16)27-4/h7-8,10,12,15H,5-6,9,11H2,1-4H3/b24-19+,25-20-/t15-/m1/s1. The zero-order valence-electron chi connectivity index (χ0n) is 17.1. The first kappa shape index (κ1) is 21.6. The molecule has 0 unspecified atom stereocenters. The number of nitrogens with zero attached hydrogens (tertiary/aromatic N) is 4. The average molecular weight is 433 g/mol. The zero-order valence-corrected chi connectivity index (χ0v) is 18.7. The molecule has 1 aromatic heterocycles. The highest BCUT2D eigenvalue weighted by molar-refractivity contribution is 7.09. The van der Waals surface area contributed by atoms with Crippen molar-refractivity contribution in [3.05, 3.63) is 44.7 Å². The van der Waals surface area contributed by atoms with E-state index >= 15 is 0 Å². The molecule has 2 aromatic rings. The average Bonchev–Trinajstić information content (AvgIpc) is 3.32. The molecule has 6 nitrogen and oxygen atoms in total.